The highest BCUT2D eigenvalue weighted by Crippen LogP contribution is 2.28. The summed E-state index contributed by atoms with van der Waals surface area (Å²) in [7, 11) is 1.67. The van der Waals surface area contributed by atoms with E-state index in [9.17, 15) is 13.2 Å². The molecule has 138 valence electrons. The number of benzene rings is 2. The minimum Gasteiger partial charge on any atom is -0.406 e. The Morgan fingerprint density at radius 1 is 1.07 bits per heavy atom. The van der Waals surface area contributed by atoms with Crippen LogP contribution >= 0.6 is 0 Å². The Kier molecular flexibility index (Phi) is 3.94. The lowest BCUT2D eigenvalue weighted by atomic mass is 10.2. The third-order valence-electron chi connectivity index (χ3n) is 3.78. The summed E-state index contributed by atoms with van der Waals surface area (Å²) in [6.45, 7) is 0. The highest BCUT2D eigenvalue weighted by atomic mass is 19.4. The fourth-order valence-corrected chi connectivity index (χ4v) is 2.60. The molecule has 2 heterocycles. The zero-order valence-corrected chi connectivity index (χ0v) is 13.9. The van der Waals surface area contributed by atoms with Crippen LogP contribution in [0.15, 0.2) is 53.2 Å². The number of alkyl halides is 3. The van der Waals surface area contributed by atoms with Crippen molar-refractivity contribution in [1.29, 1.82) is 0 Å². The summed E-state index contributed by atoms with van der Waals surface area (Å²) in [5.74, 6) is 0.0461. The lowest BCUT2D eigenvalue weighted by Crippen LogP contribution is -2.17. The predicted octanol–water partition coefficient (Wildman–Crippen LogP) is 4.02. The zero-order valence-electron chi connectivity index (χ0n) is 13.9. The molecular weight excluding hydrogens is 363 g/mol. The first-order chi connectivity index (χ1) is 12.9. The Morgan fingerprint density at radius 2 is 1.85 bits per heavy atom. The van der Waals surface area contributed by atoms with E-state index in [1.807, 2.05) is 6.07 Å². The maximum absolute atomic E-state index is 12.3. The van der Waals surface area contributed by atoms with Crippen molar-refractivity contribution in [2.45, 2.75) is 6.36 Å². The minimum atomic E-state index is -4.73. The first-order valence-electron chi connectivity index (χ1n) is 7.78. The summed E-state index contributed by atoms with van der Waals surface area (Å²) in [6, 6.07) is 11.2. The average Bonchev–Trinajstić information content (AvgIpc) is 3.27. The number of hydrogen-bond donors (Lipinski definition) is 1. The van der Waals surface area contributed by atoms with Crippen LogP contribution in [0.5, 0.6) is 5.75 Å². The maximum Gasteiger partial charge on any atom is 0.573 e. The van der Waals surface area contributed by atoms with Crippen LogP contribution in [0.25, 0.3) is 28.2 Å². The molecule has 2 aromatic heterocycles. The molecule has 0 unspecified atom stereocenters. The van der Waals surface area contributed by atoms with Crippen molar-refractivity contribution >= 4 is 17.0 Å². The number of anilines is 1. The second-order valence-corrected chi connectivity index (χ2v) is 5.52. The van der Waals surface area contributed by atoms with E-state index in [0.29, 0.717) is 28.7 Å². The Bertz CT molecular complexity index is 1090. The van der Waals surface area contributed by atoms with Gasteiger partial charge in [0.05, 0.1) is 11.0 Å². The van der Waals surface area contributed by atoms with E-state index in [1.54, 1.807) is 30.1 Å². The van der Waals surface area contributed by atoms with Gasteiger partial charge in [0.25, 0.3) is 0 Å². The van der Waals surface area contributed by atoms with Crippen LogP contribution in [0.4, 0.5) is 19.2 Å². The molecule has 7 nitrogen and oxygen atoms in total. The lowest BCUT2D eigenvalue weighted by Gasteiger charge is -2.10. The summed E-state index contributed by atoms with van der Waals surface area (Å²) in [5, 5.41) is 10.6. The molecule has 0 saturated carbocycles. The normalized spacial score (nSPS) is 11.7. The number of imidazole rings is 1. The van der Waals surface area contributed by atoms with Crippen molar-refractivity contribution in [1.82, 2.24) is 19.7 Å². The van der Waals surface area contributed by atoms with Gasteiger partial charge in [-0.25, -0.2) is 4.98 Å². The Balaban J connectivity index is 1.70. The fourth-order valence-electron chi connectivity index (χ4n) is 2.60. The monoisotopic (exact) mass is 375 g/mol. The second-order valence-electron chi connectivity index (χ2n) is 5.52. The van der Waals surface area contributed by atoms with Gasteiger partial charge in [-0.05, 0) is 42.5 Å². The number of rotatable bonds is 4. The van der Waals surface area contributed by atoms with Crippen molar-refractivity contribution in [3.05, 3.63) is 48.8 Å². The molecule has 0 atom stereocenters. The highest BCUT2D eigenvalue weighted by Gasteiger charge is 2.31. The van der Waals surface area contributed by atoms with E-state index in [4.69, 9.17) is 4.42 Å². The van der Waals surface area contributed by atoms with Gasteiger partial charge < -0.3 is 14.5 Å². The predicted molar refractivity (Wildman–Crippen MR) is 90.6 cm³/mol. The van der Waals surface area contributed by atoms with Crippen molar-refractivity contribution in [3.63, 3.8) is 0 Å². The van der Waals surface area contributed by atoms with Gasteiger partial charge >= 0.3 is 12.4 Å². The van der Waals surface area contributed by atoms with Crippen molar-refractivity contribution in [2.24, 2.45) is 0 Å². The molecule has 0 radical (unpaired) electrons. The Labute approximate surface area is 150 Å². The van der Waals surface area contributed by atoms with Gasteiger partial charge in [0.1, 0.15) is 12.1 Å². The third kappa shape index (κ3) is 3.41. The largest absolute Gasteiger partial charge is 0.573 e. The number of fused-ring (bicyclic) bond motifs is 1. The molecular formula is C17H12F3N5O2. The molecule has 4 aromatic rings. The standard InChI is InChI=1S/C17H12F3N5O2/c1-21-16-24-23-15(26-16)10-2-7-13-14(8-10)25(9-22-13)11-3-5-12(6-4-11)27-17(18,19)20/h2-9H,1H3,(H,21,24). The zero-order chi connectivity index (χ0) is 19.0. The van der Waals surface area contributed by atoms with Crippen molar-refractivity contribution < 1.29 is 22.3 Å². The maximum atomic E-state index is 12.3. The quantitative estimate of drug-likeness (QED) is 0.581. The molecule has 10 heteroatoms. The van der Waals surface area contributed by atoms with Crippen LogP contribution in [-0.2, 0) is 0 Å². The van der Waals surface area contributed by atoms with Crippen LogP contribution in [0, 0.1) is 0 Å². The first kappa shape index (κ1) is 16.9. The van der Waals surface area contributed by atoms with E-state index in [1.165, 1.54) is 24.3 Å². The van der Waals surface area contributed by atoms with Crippen LogP contribution < -0.4 is 10.1 Å². The number of hydrogen-bond acceptors (Lipinski definition) is 6. The van der Waals surface area contributed by atoms with Crippen molar-refractivity contribution in [2.75, 3.05) is 12.4 Å². The summed E-state index contributed by atoms with van der Waals surface area (Å²) in [6.07, 6.45) is -3.14. The minimum absolute atomic E-state index is 0.290. The summed E-state index contributed by atoms with van der Waals surface area (Å²) < 4.78 is 48.0. The highest BCUT2D eigenvalue weighted by molar-refractivity contribution is 5.82. The molecule has 0 aliphatic carbocycles. The van der Waals surface area contributed by atoms with E-state index >= 15 is 0 Å². The van der Waals surface area contributed by atoms with Gasteiger partial charge in [-0.2, -0.15) is 0 Å². The molecule has 0 aliphatic rings. The molecule has 0 amide bonds. The third-order valence-corrected chi connectivity index (χ3v) is 3.78. The number of ether oxygens (including phenoxy) is 1. The molecule has 1 N–H and O–H groups in total. The number of nitrogens with one attached hydrogen (secondary N) is 1. The SMILES string of the molecule is CNc1nnc(-c2ccc3ncn(-c4ccc(OC(F)(F)F)cc4)c3c2)o1. The van der Waals surface area contributed by atoms with E-state index in [-0.39, 0.29) is 5.75 Å². The van der Waals surface area contributed by atoms with E-state index in [0.717, 1.165) is 5.52 Å². The van der Waals surface area contributed by atoms with Crippen LogP contribution in [-0.4, -0.2) is 33.2 Å². The smallest absolute Gasteiger partial charge is 0.406 e. The molecule has 0 bridgehead atoms. The topological polar surface area (TPSA) is 78.0 Å². The molecule has 27 heavy (non-hydrogen) atoms. The van der Waals surface area contributed by atoms with Crippen LogP contribution in [0.1, 0.15) is 0 Å². The van der Waals surface area contributed by atoms with Crippen molar-refractivity contribution in [3.8, 4) is 22.9 Å². The fraction of sp³-hybridized carbons (Fsp3) is 0.118. The van der Waals surface area contributed by atoms with Gasteiger partial charge in [0, 0.05) is 18.3 Å². The van der Waals surface area contributed by atoms with Gasteiger partial charge in [-0.1, -0.05) is 5.10 Å². The molecule has 4 rings (SSSR count). The second kappa shape index (κ2) is 6.31. The van der Waals surface area contributed by atoms with E-state index < -0.39 is 6.36 Å². The molecule has 2 aromatic carbocycles. The van der Waals surface area contributed by atoms with Gasteiger partial charge in [-0.15, -0.1) is 18.3 Å². The number of nitrogens with zero attached hydrogens (tertiary/aromatic N) is 4. The first-order valence-corrected chi connectivity index (χ1v) is 7.78. The summed E-state index contributed by atoms with van der Waals surface area (Å²) >= 11 is 0. The Morgan fingerprint density at radius 3 is 2.52 bits per heavy atom. The lowest BCUT2D eigenvalue weighted by molar-refractivity contribution is -0.274. The van der Waals surface area contributed by atoms with Gasteiger partial charge in [0.15, 0.2) is 0 Å². The molecule has 0 aliphatic heterocycles. The molecule has 0 spiro atoms. The molecule has 0 saturated heterocycles. The Hall–Kier alpha value is -3.56. The van der Waals surface area contributed by atoms with Gasteiger partial charge in [0.2, 0.25) is 5.89 Å². The average molecular weight is 375 g/mol. The number of halogens is 3. The van der Waals surface area contributed by atoms with E-state index in [2.05, 4.69) is 25.2 Å². The summed E-state index contributed by atoms with van der Waals surface area (Å²) in [4.78, 5) is 4.31. The van der Waals surface area contributed by atoms with Crippen LogP contribution in [0.3, 0.4) is 0 Å². The van der Waals surface area contributed by atoms with Crippen LogP contribution in [0.2, 0.25) is 0 Å². The molecule has 0 fully saturated rings. The van der Waals surface area contributed by atoms with Gasteiger partial charge in [-0.3, -0.25) is 4.57 Å². The number of aromatic nitrogens is 4. The summed E-state index contributed by atoms with van der Waals surface area (Å²) in [5.41, 5.74) is 2.77.